The van der Waals surface area contributed by atoms with Crippen molar-refractivity contribution in [1.82, 2.24) is 15.3 Å². The molecule has 7 nitrogen and oxygen atoms in total. The van der Waals surface area contributed by atoms with Gasteiger partial charge in [0, 0.05) is 36.8 Å². The summed E-state index contributed by atoms with van der Waals surface area (Å²) in [5, 5.41) is 2.54. The number of pyridine rings is 2. The molecule has 1 amide bonds. The van der Waals surface area contributed by atoms with Crippen LogP contribution in [0.5, 0.6) is 0 Å². The molecule has 2 aromatic heterocycles. The van der Waals surface area contributed by atoms with E-state index in [1.165, 1.54) is 18.3 Å². The smallest absolute Gasteiger partial charge is 0.261 e. The number of anilines is 1. The Bertz CT molecular complexity index is 1080. The second kappa shape index (κ2) is 7.55. The number of nitrogens with one attached hydrogen (secondary N) is 2. The topological polar surface area (TPSA) is 101 Å². The van der Waals surface area contributed by atoms with Gasteiger partial charge in [0.25, 0.3) is 15.9 Å². The van der Waals surface area contributed by atoms with Gasteiger partial charge in [-0.15, -0.1) is 0 Å². The molecular weight excluding hydrogens is 364 g/mol. The Kier molecular flexibility index (Phi) is 5.18. The van der Waals surface area contributed by atoms with Gasteiger partial charge >= 0.3 is 0 Å². The SMILES string of the molecule is CNC(=O)c1cncc(-c2cnc(C)c(NS(=O)(=O)c3ccccc3)c2)c1. The molecule has 3 rings (SSSR count). The molecule has 0 unspecified atom stereocenters. The van der Waals surface area contributed by atoms with E-state index in [2.05, 4.69) is 20.0 Å². The molecule has 1 aromatic carbocycles. The van der Waals surface area contributed by atoms with E-state index in [0.29, 0.717) is 28.1 Å². The second-order valence-electron chi connectivity index (χ2n) is 5.82. The van der Waals surface area contributed by atoms with Crippen molar-refractivity contribution < 1.29 is 13.2 Å². The third kappa shape index (κ3) is 4.12. The number of amides is 1. The van der Waals surface area contributed by atoms with Crippen molar-refractivity contribution in [2.45, 2.75) is 11.8 Å². The molecule has 0 saturated carbocycles. The molecule has 0 spiro atoms. The zero-order chi connectivity index (χ0) is 19.4. The lowest BCUT2D eigenvalue weighted by Gasteiger charge is -2.12. The number of aromatic nitrogens is 2. The fourth-order valence-electron chi connectivity index (χ4n) is 2.46. The van der Waals surface area contributed by atoms with E-state index in [0.717, 1.165) is 0 Å². The Morgan fingerprint density at radius 3 is 2.41 bits per heavy atom. The highest BCUT2D eigenvalue weighted by Gasteiger charge is 2.16. The molecule has 2 heterocycles. The Labute approximate surface area is 157 Å². The van der Waals surface area contributed by atoms with Crippen molar-refractivity contribution in [1.29, 1.82) is 0 Å². The lowest BCUT2D eigenvalue weighted by Crippen LogP contribution is -2.17. The van der Waals surface area contributed by atoms with Crippen LogP contribution in [0.25, 0.3) is 11.1 Å². The van der Waals surface area contributed by atoms with E-state index < -0.39 is 10.0 Å². The number of hydrogen-bond acceptors (Lipinski definition) is 5. The molecule has 3 aromatic rings. The maximum absolute atomic E-state index is 12.6. The monoisotopic (exact) mass is 382 g/mol. The zero-order valence-corrected chi connectivity index (χ0v) is 15.6. The van der Waals surface area contributed by atoms with Crippen molar-refractivity contribution >= 4 is 21.6 Å². The number of hydrogen-bond donors (Lipinski definition) is 2. The normalized spacial score (nSPS) is 11.0. The van der Waals surface area contributed by atoms with Crippen molar-refractivity contribution in [2.75, 3.05) is 11.8 Å². The first-order valence-corrected chi connectivity index (χ1v) is 9.61. The molecule has 0 aliphatic carbocycles. The van der Waals surface area contributed by atoms with Crippen LogP contribution < -0.4 is 10.0 Å². The van der Waals surface area contributed by atoms with Crippen LogP contribution in [-0.2, 0) is 10.0 Å². The third-order valence-electron chi connectivity index (χ3n) is 3.95. The summed E-state index contributed by atoms with van der Waals surface area (Å²) in [7, 11) is -2.19. The predicted octanol–water partition coefficient (Wildman–Crippen LogP) is 2.61. The van der Waals surface area contributed by atoms with Gasteiger partial charge in [0.2, 0.25) is 0 Å². The maximum atomic E-state index is 12.6. The Morgan fingerprint density at radius 2 is 1.70 bits per heavy atom. The quantitative estimate of drug-likeness (QED) is 0.706. The van der Waals surface area contributed by atoms with Crippen LogP contribution in [0.15, 0.2) is 66.0 Å². The highest BCUT2D eigenvalue weighted by Crippen LogP contribution is 2.25. The average Bonchev–Trinajstić information content (AvgIpc) is 2.69. The van der Waals surface area contributed by atoms with E-state index in [1.54, 1.807) is 56.7 Å². The van der Waals surface area contributed by atoms with Crippen molar-refractivity contribution in [3.05, 3.63) is 72.3 Å². The van der Waals surface area contributed by atoms with Crippen LogP contribution in [0.1, 0.15) is 16.1 Å². The van der Waals surface area contributed by atoms with Crippen LogP contribution >= 0.6 is 0 Å². The lowest BCUT2D eigenvalue weighted by atomic mass is 10.1. The summed E-state index contributed by atoms with van der Waals surface area (Å²) >= 11 is 0. The highest BCUT2D eigenvalue weighted by molar-refractivity contribution is 7.92. The molecule has 0 saturated heterocycles. The molecule has 8 heteroatoms. The summed E-state index contributed by atoms with van der Waals surface area (Å²) in [5.74, 6) is -0.255. The van der Waals surface area contributed by atoms with Gasteiger partial charge in [0.05, 0.1) is 21.8 Å². The molecule has 2 N–H and O–H groups in total. The molecule has 0 aliphatic rings. The van der Waals surface area contributed by atoms with Gasteiger partial charge < -0.3 is 5.32 Å². The molecule has 138 valence electrons. The first kappa shape index (κ1) is 18.5. The van der Waals surface area contributed by atoms with Crippen LogP contribution in [-0.4, -0.2) is 31.3 Å². The van der Waals surface area contributed by atoms with E-state index >= 15 is 0 Å². The molecule has 0 radical (unpaired) electrons. The summed E-state index contributed by atoms with van der Waals surface area (Å²) in [5.41, 5.74) is 2.60. The highest BCUT2D eigenvalue weighted by atomic mass is 32.2. The fourth-order valence-corrected chi connectivity index (χ4v) is 3.59. The van der Waals surface area contributed by atoms with Crippen LogP contribution in [0.2, 0.25) is 0 Å². The van der Waals surface area contributed by atoms with E-state index in [-0.39, 0.29) is 10.8 Å². The van der Waals surface area contributed by atoms with Gasteiger partial charge in [-0.3, -0.25) is 19.5 Å². The first-order chi connectivity index (χ1) is 12.9. The number of carbonyl (C=O) groups is 1. The Balaban J connectivity index is 1.97. The minimum absolute atomic E-state index is 0.165. The number of rotatable bonds is 5. The summed E-state index contributed by atoms with van der Waals surface area (Å²) < 4.78 is 27.7. The van der Waals surface area contributed by atoms with Gasteiger partial charge in [-0.2, -0.15) is 0 Å². The summed E-state index contributed by atoms with van der Waals surface area (Å²) in [6, 6.07) is 11.5. The minimum Gasteiger partial charge on any atom is -0.355 e. The van der Waals surface area contributed by atoms with Gasteiger partial charge in [0.15, 0.2) is 0 Å². The van der Waals surface area contributed by atoms with Crippen molar-refractivity contribution in [2.24, 2.45) is 0 Å². The fraction of sp³-hybridized carbons (Fsp3) is 0.105. The largest absolute Gasteiger partial charge is 0.355 e. The van der Waals surface area contributed by atoms with E-state index in [1.807, 2.05) is 0 Å². The van der Waals surface area contributed by atoms with Crippen molar-refractivity contribution in [3.63, 3.8) is 0 Å². The lowest BCUT2D eigenvalue weighted by molar-refractivity contribution is 0.0962. The number of benzene rings is 1. The maximum Gasteiger partial charge on any atom is 0.261 e. The van der Waals surface area contributed by atoms with Gasteiger partial charge in [-0.05, 0) is 31.2 Å². The summed E-state index contributed by atoms with van der Waals surface area (Å²) in [4.78, 5) is 20.3. The molecule has 0 fully saturated rings. The van der Waals surface area contributed by atoms with Crippen LogP contribution in [0, 0.1) is 6.92 Å². The predicted molar refractivity (Wildman–Crippen MR) is 103 cm³/mol. The Hall–Kier alpha value is -3.26. The van der Waals surface area contributed by atoms with E-state index in [4.69, 9.17) is 0 Å². The van der Waals surface area contributed by atoms with Gasteiger partial charge in [-0.25, -0.2) is 8.42 Å². The molecule has 27 heavy (non-hydrogen) atoms. The summed E-state index contributed by atoms with van der Waals surface area (Å²) in [6.07, 6.45) is 4.66. The van der Waals surface area contributed by atoms with E-state index in [9.17, 15) is 13.2 Å². The number of aryl methyl sites for hydroxylation is 1. The number of carbonyl (C=O) groups excluding carboxylic acids is 1. The van der Waals surface area contributed by atoms with Gasteiger partial charge in [-0.1, -0.05) is 18.2 Å². The second-order valence-corrected chi connectivity index (χ2v) is 7.50. The molecular formula is C19H18N4O3S. The number of nitrogens with zero attached hydrogens (tertiary/aromatic N) is 2. The van der Waals surface area contributed by atoms with Crippen LogP contribution in [0.4, 0.5) is 5.69 Å². The summed E-state index contributed by atoms with van der Waals surface area (Å²) in [6.45, 7) is 1.71. The number of sulfonamides is 1. The van der Waals surface area contributed by atoms with Crippen molar-refractivity contribution in [3.8, 4) is 11.1 Å². The molecule has 0 bridgehead atoms. The Morgan fingerprint density at radius 1 is 1.00 bits per heavy atom. The third-order valence-corrected chi connectivity index (χ3v) is 5.33. The molecule has 0 aliphatic heterocycles. The van der Waals surface area contributed by atoms with Gasteiger partial charge in [0.1, 0.15) is 0 Å². The zero-order valence-electron chi connectivity index (χ0n) is 14.8. The standard InChI is InChI=1S/C19H18N4O3S/c1-13-18(23-27(25,26)17-6-4-3-5-7-17)9-15(12-22-13)14-8-16(11-21-10-14)19(24)20-2/h3-12,23H,1-2H3,(H,20,24). The van der Waals surface area contributed by atoms with Crippen LogP contribution in [0.3, 0.4) is 0 Å². The molecule has 0 atom stereocenters. The average molecular weight is 382 g/mol. The first-order valence-electron chi connectivity index (χ1n) is 8.13. The minimum atomic E-state index is -3.73.